The molecule has 146 valence electrons. The summed E-state index contributed by atoms with van der Waals surface area (Å²) in [5.41, 5.74) is 5.35. The van der Waals surface area contributed by atoms with Gasteiger partial charge < -0.3 is 15.0 Å². The van der Waals surface area contributed by atoms with E-state index in [-0.39, 0.29) is 5.41 Å². The standard InChI is InChI=1S/C24H29N3O/c1-2-9-22-20(7-1)17-24(10-14-28-15-11-24)23(26-22)25-18-19-6-5-8-21(16-19)27-12-3-4-13-27/h1-2,5-9,16H,3-4,10-15,17-18H2,(H,25,26). The van der Waals surface area contributed by atoms with Gasteiger partial charge in [-0.3, -0.25) is 4.99 Å². The molecule has 0 radical (unpaired) electrons. The molecule has 2 fully saturated rings. The predicted molar refractivity (Wildman–Crippen MR) is 115 cm³/mol. The van der Waals surface area contributed by atoms with Gasteiger partial charge in [-0.25, -0.2) is 0 Å². The van der Waals surface area contributed by atoms with E-state index in [1.165, 1.54) is 48.4 Å². The Bertz CT molecular complexity index is 864. The second kappa shape index (κ2) is 7.59. The molecular formula is C24H29N3O. The van der Waals surface area contributed by atoms with Gasteiger partial charge in [-0.15, -0.1) is 0 Å². The Morgan fingerprint density at radius 2 is 1.82 bits per heavy atom. The molecule has 1 spiro atoms. The number of aliphatic imine (C=N–C) groups is 1. The average molecular weight is 376 g/mol. The Morgan fingerprint density at radius 1 is 1.00 bits per heavy atom. The van der Waals surface area contributed by atoms with Crippen molar-refractivity contribution in [2.75, 3.05) is 36.5 Å². The molecule has 0 aliphatic carbocycles. The monoisotopic (exact) mass is 375 g/mol. The number of rotatable bonds is 3. The summed E-state index contributed by atoms with van der Waals surface area (Å²) in [5.74, 6) is 1.15. The minimum absolute atomic E-state index is 0.0964. The Morgan fingerprint density at radius 3 is 2.68 bits per heavy atom. The topological polar surface area (TPSA) is 36.9 Å². The lowest BCUT2D eigenvalue weighted by atomic mass is 9.71. The maximum Gasteiger partial charge on any atom is 0.108 e. The molecule has 2 aromatic carbocycles. The third-order valence-corrected chi connectivity index (χ3v) is 6.55. The van der Waals surface area contributed by atoms with Gasteiger partial charge in [0, 0.05) is 43.1 Å². The Labute approximate surface area is 167 Å². The van der Waals surface area contributed by atoms with Crippen molar-refractivity contribution in [2.24, 2.45) is 10.4 Å². The molecule has 0 amide bonds. The number of benzene rings is 2. The first-order chi connectivity index (χ1) is 13.8. The molecule has 0 bridgehead atoms. The van der Waals surface area contributed by atoms with Gasteiger partial charge in [-0.05, 0) is 61.4 Å². The SMILES string of the molecule is c1cc(CN=C2Nc3ccccc3CC23CCOCC3)cc(N2CCCC2)c1. The van der Waals surface area contributed by atoms with Gasteiger partial charge >= 0.3 is 0 Å². The Balaban J connectivity index is 1.42. The summed E-state index contributed by atoms with van der Waals surface area (Å²) in [6, 6.07) is 17.6. The van der Waals surface area contributed by atoms with Crippen LogP contribution >= 0.6 is 0 Å². The van der Waals surface area contributed by atoms with Gasteiger partial charge in [0.05, 0.1) is 6.54 Å². The molecule has 0 atom stereocenters. The summed E-state index contributed by atoms with van der Waals surface area (Å²) in [5, 5.41) is 3.68. The lowest BCUT2D eigenvalue weighted by Crippen LogP contribution is -2.45. The first kappa shape index (κ1) is 17.7. The maximum atomic E-state index is 5.68. The van der Waals surface area contributed by atoms with Crippen molar-refractivity contribution >= 4 is 17.2 Å². The van der Waals surface area contributed by atoms with E-state index >= 15 is 0 Å². The Kier molecular flexibility index (Phi) is 4.81. The highest BCUT2D eigenvalue weighted by Gasteiger charge is 2.41. The van der Waals surface area contributed by atoms with Crippen molar-refractivity contribution in [1.29, 1.82) is 0 Å². The lowest BCUT2D eigenvalue weighted by molar-refractivity contribution is 0.0448. The molecule has 3 aliphatic heterocycles. The van der Waals surface area contributed by atoms with E-state index in [9.17, 15) is 0 Å². The van der Waals surface area contributed by atoms with Gasteiger partial charge in [-0.2, -0.15) is 0 Å². The zero-order chi connectivity index (χ0) is 18.8. The van der Waals surface area contributed by atoms with Gasteiger partial charge in [0.1, 0.15) is 5.84 Å². The third-order valence-electron chi connectivity index (χ3n) is 6.55. The summed E-state index contributed by atoms with van der Waals surface area (Å²) < 4.78 is 5.68. The highest BCUT2D eigenvalue weighted by Crippen LogP contribution is 2.41. The fourth-order valence-electron chi connectivity index (χ4n) is 4.88. The molecule has 2 aromatic rings. The highest BCUT2D eigenvalue weighted by molar-refractivity contribution is 6.02. The molecule has 2 saturated heterocycles. The lowest BCUT2D eigenvalue weighted by Gasteiger charge is -2.42. The second-order valence-corrected chi connectivity index (χ2v) is 8.38. The number of nitrogens with zero attached hydrogens (tertiary/aromatic N) is 2. The van der Waals surface area contributed by atoms with Crippen LogP contribution in [0.5, 0.6) is 0 Å². The smallest absolute Gasteiger partial charge is 0.108 e. The largest absolute Gasteiger partial charge is 0.381 e. The van der Waals surface area contributed by atoms with E-state index < -0.39 is 0 Å². The van der Waals surface area contributed by atoms with Crippen LogP contribution in [0.25, 0.3) is 0 Å². The van der Waals surface area contributed by atoms with Crippen LogP contribution in [0, 0.1) is 5.41 Å². The molecule has 0 aromatic heterocycles. The summed E-state index contributed by atoms with van der Waals surface area (Å²) >= 11 is 0. The van der Waals surface area contributed by atoms with Gasteiger partial charge in [0.25, 0.3) is 0 Å². The number of para-hydroxylation sites is 1. The van der Waals surface area contributed by atoms with E-state index in [1.54, 1.807) is 0 Å². The number of nitrogens with one attached hydrogen (secondary N) is 1. The zero-order valence-corrected chi connectivity index (χ0v) is 16.5. The number of hydrogen-bond donors (Lipinski definition) is 1. The summed E-state index contributed by atoms with van der Waals surface area (Å²) in [7, 11) is 0. The van der Waals surface area contributed by atoms with Gasteiger partial charge in [0.2, 0.25) is 0 Å². The maximum absolute atomic E-state index is 5.68. The molecule has 1 N–H and O–H groups in total. The zero-order valence-electron chi connectivity index (χ0n) is 16.5. The Hall–Kier alpha value is -2.33. The fourth-order valence-corrected chi connectivity index (χ4v) is 4.88. The van der Waals surface area contributed by atoms with Crippen LogP contribution < -0.4 is 10.2 Å². The molecule has 4 nitrogen and oxygen atoms in total. The predicted octanol–water partition coefficient (Wildman–Crippen LogP) is 4.65. The summed E-state index contributed by atoms with van der Waals surface area (Å²) in [4.78, 5) is 7.62. The first-order valence-corrected chi connectivity index (χ1v) is 10.6. The molecule has 0 saturated carbocycles. The molecule has 3 aliphatic rings. The van der Waals surface area contributed by atoms with Crippen molar-refractivity contribution in [2.45, 2.75) is 38.6 Å². The highest BCUT2D eigenvalue weighted by atomic mass is 16.5. The van der Waals surface area contributed by atoms with Crippen LogP contribution in [0.4, 0.5) is 11.4 Å². The van der Waals surface area contributed by atoms with Crippen molar-refractivity contribution in [1.82, 2.24) is 0 Å². The summed E-state index contributed by atoms with van der Waals surface area (Å²) in [6.07, 6.45) is 5.76. The molecule has 4 heteroatoms. The minimum Gasteiger partial charge on any atom is -0.381 e. The normalized spacial score (nSPS) is 22.3. The van der Waals surface area contributed by atoms with E-state index in [0.29, 0.717) is 0 Å². The second-order valence-electron chi connectivity index (χ2n) is 8.38. The van der Waals surface area contributed by atoms with Crippen LogP contribution in [0.1, 0.15) is 36.8 Å². The van der Waals surface area contributed by atoms with Gasteiger partial charge in [-0.1, -0.05) is 30.3 Å². The van der Waals surface area contributed by atoms with Crippen molar-refractivity contribution in [3.8, 4) is 0 Å². The van der Waals surface area contributed by atoms with Crippen molar-refractivity contribution in [3.63, 3.8) is 0 Å². The van der Waals surface area contributed by atoms with Crippen LogP contribution in [-0.2, 0) is 17.7 Å². The van der Waals surface area contributed by atoms with Crippen molar-refractivity contribution < 1.29 is 4.74 Å². The minimum atomic E-state index is 0.0964. The van der Waals surface area contributed by atoms with Gasteiger partial charge in [0.15, 0.2) is 0 Å². The molecular weight excluding hydrogens is 346 g/mol. The average Bonchev–Trinajstić information content (AvgIpc) is 3.28. The van der Waals surface area contributed by atoms with Crippen molar-refractivity contribution in [3.05, 3.63) is 59.7 Å². The number of ether oxygens (including phenoxy) is 1. The number of fused-ring (bicyclic) bond motifs is 1. The summed E-state index contributed by atoms with van der Waals surface area (Å²) in [6.45, 7) is 4.74. The van der Waals surface area contributed by atoms with E-state index in [0.717, 1.165) is 44.9 Å². The van der Waals surface area contributed by atoms with Crippen LogP contribution in [-0.4, -0.2) is 32.1 Å². The van der Waals surface area contributed by atoms with E-state index in [1.807, 2.05) is 0 Å². The molecule has 28 heavy (non-hydrogen) atoms. The molecule has 0 unspecified atom stereocenters. The van der Waals surface area contributed by atoms with E-state index in [2.05, 4.69) is 58.7 Å². The van der Waals surface area contributed by atoms with Crippen LogP contribution in [0.2, 0.25) is 0 Å². The first-order valence-electron chi connectivity index (χ1n) is 10.6. The fraction of sp³-hybridized carbons (Fsp3) is 0.458. The van der Waals surface area contributed by atoms with E-state index in [4.69, 9.17) is 9.73 Å². The number of anilines is 2. The number of amidine groups is 1. The molecule has 3 heterocycles. The van der Waals surface area contributed by atoms with Crippen LogP contribution in [0.15, 0.2) is 53.5 Å². The quantitative estimate of drug-likeness (QED) is 0.848. The molecule has 5 rings (SSSR count). The third kappa shape index (κ3) is 3.42. The number of hydrogen-bond acceptors (Lipinski definition) is 3. The van der Waals surface area contributed by atoms with Crippen LogP contribution in [0.3, 0.4) is 0 Å².